The second-order valence-electron chi connectivity index (χ2n) is 2.63. The number of halogens is 4. The van der Waals surface area contributed by atoms with Crippen molar-refractivity contribution in [3.63, 3.8) is 0 Å². The highest BCUT2D eigenvalue weighted by Gasteiger charge is 2.28. The summed E-state index contributed by atoms with van der Waals surface area (Å²) in [5.74, 6) is -0.0643. The molecule has 1 aromatic rings. The number of ether oxygens (including phenoxy) is 1. The lowest BCUT2D eigenvalue weighted by Crippen LogP contribution is -2.19. The van der Waals surface area contributed by atoms with E-state index in [4.69, 9.17) is 6.57 Å². The molecule has 0 aliphatic rings. The Morgan fingerprint density at radius 2 is 2.07 bits per heavy atom. The Morgan fingerprint density at radius 3 is 2.60 bits per heavy atom. The topological polar surface area (TPSA) is 13.6 Å². The number of nitrogens with zero attached hydrogens (tertiary/aromatic N) is 1. The molecule has 0 heterocycles. The van der Waals surface area contributed by atoms with Crippen LogP contribution < -0.4 is 4.74 Å². The largest absolute Gasteiger partial charge is 0.495 e. The molecule has 0 unspecified atom stereocenters. The average Bonchev–Trinajstić information content (AvgIpc) is 2.14. The van der Waals surface area contributed by atoms with Crippen molar-refractivity contribution >= 4 is 21.6 Å². The molecule has 0 amide bonds. The third-order valence-corrected chi connectivity index (χ3v) is 1.93. The minimum absolute atomic E-state index is 0.0497. The van der Waals surface area contributed by atoms with Gasteiger partial charge in [-0.15, -0.1) is 0 Å². The van der Waals surface area contributed by atoms with Gasteiger partial charge < -0.3 is 4.74 Å². The quantitative estimate of drug-likeness (QED) is 0.748. The molecule has 15 heavy (non-hydrogen) atoms. The lowest BCUT2D eigenvalue weighted by atomic mass is 10.3. The number of benzene rings is 1. The fourth-order valence-electron chi connectivity index (χ4n) is 0.860. The second-order valence-corrected chi connectivity index (χ2v) is 3.54. The summed E-state index contributed by atoms with van der Waals surface area (Å²) >= 11 is 3.11. The molecule has 0 radical (unpaired) electrons. The molecule has 0 atom stereocenters. The predicted molar refractivity (Wildman–Crippen MR) is 52.0 cm³/mol. The van der Waals surface area contributed by atoms with Crippen molar-refractivity contribution in [3.05, 3.63) is 34.1 Å². The van der Waals surface area contributed by atoms with Crippen LogP contribution in [-0.2, 0) is 0 Å². The van der Waals surface area contributed by atoms with Crippen molar-refractivity contribution in [1.29, 1.82) is 0 Å². The molecule has 0 fully saturated rings. The SMILES string of the molecule is [C-]#[N+]c1cc(Br)ccc1OCC(F)(F)F. The summed E-state index contributed by atoms with van der Waals surface area (Å²) in [5.41, 5.74) is 0.0497. The monoisotopic (exact) mass is 279 g/mol. The van der Waals surface area contributed by atoms with Crippen LogP contribution in [0.5, 0.6) is 5.75 Å². The van der Waals surface area contributed by atoms with Crippen LogP contribution in [-0.4, -0.2) is 12.8 Å². The van der Waals surface area contributed by atoms with Crippen molar-refractivity contribution in [2.24, 2.45) is 0 Å². The van der Waals surface area contributed by atoms with Crippen LogP contribution in [0.4, 0.5) is 18.9 Å². The number of alkyl halides is 3. The summed E-state index contributed by atoms with van der Waals surface area (Å²) < 4.78 is 40.6. The summed E-state index contributed by atoms with van der Waals surface area (Å²) in [6, 6.07) is 4.24. The summed E-state index contributed by atoms with van der Waals surface area (Å²) in [6.07, 6.45) is -4.40. The third-order valence-electron chi connectivity index (χ3n) is 1.43. The van der Waals surface area contributed by atoms with Crippen LogP contribution in [0, 0.1) is 6.57 Å². The van der Waals surface area contributed by atoms with Gasteiger partial charge in [-0.1, -0.05) is 15.9 Å². The van der Waals surface area contributed by atoms with Crippen LogP contribution in [0.25, 0.3) is 4.85 Å². The van der Waals surface area contributed by atoms with E-state index in [0.717, 1.165) is 0 Å². The zero-order valence-corrected chi connectivity index (χ0v) is 8.89. The Morgan fingerprint density at radius 1 is 1.40 bits per heavy atom. The first-order valence-electron chi connectivity index (χ1n) is 3.79. The molecule has 80 valence electrons. The molecule has 0 aliphatic heterocycles. The van der Waals surface area contributed by atoms with E-state index in [2.05, 4.69) is 25.5 Å². The van der Waals surface area contributed by atoms with Crippen LogP contribution >= 0.6 is 15.9 Å². The average molecular weight is 280 g/mol. The van der Waals surface area contributed by atoms with Gasteiger partial charge in [0, 0.05) is 4.47 Å². The maximum Gasteiger partial charge on any atom is 0.422 e. The molecule has 0 N–H and O–H groups in total. The van der Waals surface area contributed by atoms with Gasteiger partial charge in [0.1, 0.15) is 5.75 Å². The molecule has 1 rings (SSSR count). The van der Waals surface area contributed by atoms with E-state index in [1.165, 1.54) is 18.2 Å². The van der Waals surface area contributed by atoms with Gasteiger partial charge in [0.15, 0.2) is 6.61 Å². The van der Waals surface area contributed by atoms with Gasteiger partial charge in [-0.05, 0) is 18.2 Å². The van der Waals surface area contributed by atoms with Crippen molar-refractivity contribution in [3.8, 4) is 5.75 Å². The third kappa shape index (κ3) is 3.80. The van der Waals surface area contributed by atoms with Gasteiger partial charge in [0.05, 0.1) is 6.57 Å². The Hall–Kier alpha value is -1.22. The zero-order valence-electron chi connectivity index (χ0n) is 7.31. The minimum atomic E-state index is -4.40. The summed E-state index contributed by atoms with van der Waals surface area (Å²) in [7, 11) is 0. The second kappa shape index (κ2) is 4.53. The van der Waals surface area contributed by atoms with E-state index in [0.29, 0.717) is 4.47 Å². The normalized spacial score (nSPS) is 10.9. The standard InChI is InChI=1S/C9H5BrF3NO/c1-14-7-4-6(10)2-3-8(7)15-5-9(11,12)13/h2-4H,5H2. The summed E-state index contributed by atoms with van der Waals surface area (Å²) in [6.45, 7) is 5.37. The van der Waals surface area contributed by atoms with Crippen LogP contribution in [0.2, 0.25) is 0 Å². The van der Waals surface area contributed by atoms with Gasteiger partial charge >= 0.3 is 6.18 Å². The van der Waals surface area contributed by atoms with Gasteiger partial charge in [-0.25, -0.2) is 4.85 Å². The van der Waals surface area contributed by atoms with Gasteiger partial charge in [0.25, 0.3) is 0 Å². The maximum atomic E-state index is 11.8. The lowest BCUT2D eigenvalue weighted by molar-refractivity contribution is -0.153. The minimum Gasteiger partial charge on any atom is -0.495 e. The highest BCUT2D eigenvalue weighted by Crippen LogP contribution is 2.31. The summed E-state index contributed by atoms with van der Waals surface area (Å²) in [4.78, 5) is 3.06. The highest BCUT2D eigenvalue weighted by molar-refractivity contribution is 9.10. The maximum absolute atomic E-state index is 11.8. The fraction of sp³-hybridized carbons (Fsp3) is 0.222. The van der Waals surface area contributed by atoms with E-state index in [1.807, 2.05) is 0 Å². The zero-order chi connectivity index (χ0) is 11.5. The molecule has 0 spiro atoms. The van der Waals surface area contributed by atoms with Crippen LogP contribution in [0.15, 0.2) is 22.7 Å². The lowest BCUT2D eigenvalue weighted by Gasteiger charge is -2.10. The first kappa shape index (κ1) is 11.9. The van der Waals surface area contributed by atoms with E-state index in [1.54, 1.807) is 0 Å². The molecule has 2 nitrogen and oxygen atoms in total. The highest BCUT2D eigenvalue weighted by atomic mass is 79.9. The Bertz CT molecular complexity index is 397. The van der Waals surface area contributed by atoms with E-state index in [9.17, 15) is 13.2 Å². The molecule has 0 bridgehead atoms. The molecule has 6 heteroatoms. The number of rotatable bonds is 2. The van der Waals surface area contributed by atoms with E-state index < -0.39 is 12.8 Å². The number of hydrogen-bond acceptors (Lipinski definition) is 1. The Labute approximate surface area is 92.6 Å². The molecular weight excluding hydrogens is 275 g/mol. The first-order chi connectivity index (χ1) is 6.92. The van der Waals surface area contributed by atoms with Crippen molar-refractivity contribution in [1.82, 2.24) is 0 Å². The van der Waals surface area contributed by atoms with Crippen molar-refractivity contribution < 1.29 is 17.9 Å². The summed E-state index contributed by atoms with van der Waals surface area (Å²) in [5, 5.41) is 0. The molecule has 0 saturated heterocycles. The molecular formula is C9H5BrF3NO. The van der Waals surface area contributed by atoms with Gasteiger partial charge in [-0.3, -0.25) is 0 Å². The molecule has 0 aliphatic carbocycles. The van der Waals surface area contributed by atoms with E-state index >= 15 is 0 Å². The van der Waals surface area contributed by atoms with Crippen molar-refractivity contribution in [2.75, 3.05) is 6.61 Å². The van der Waals surface area contributed by atoms with Crippen LogP contribution in [0.1, 0.15) is 0 Å². The Kier molecular flexibility index (Phi) is 3.58. The van der Waals surface area contributed by atoms with Crippen molar-refractivity contribution in [2.45, 2.75) is 6.18 Å². The smallest absolute Gasteiger partial charge is 0.422 e. The Balaban J connectivity index is 2.82. The number of hydrogen-bond donors (Lipinski definition) is 0. The first-order valence-corrected chi connectivity index (χ1v) is 4.58. The molecule has 0 aromatic heterocycles. The van der Waals surface area contributed by atoms with Gasteiger partial charge in [0.2, 0.25) is 5.69 Å². The van der Waals surface area contributed by atoms with Crippen LogP contribution in [0.3, 0.4) is 0 Å². The predicted octanol–water partition coefficient (Wildman–Crippen LogP) is 3.94. The molecule has 0 saturated carbocycles. The van der Waals surface area contributed by atoms with Gasteiger partial charge in [-0.2, -0.15) is 13.2 Å². The fourth-order valence-corrected chi connectivity index (χ4v) is 1.21. The molecule has 1 aromatic carbocycles. The van der Waals surface area contributed by atoms with E-state index in [-0.39, 0.29) is 11.4 Å².